The van der Waals surface area contributed by atoms with Crippen molar-refractivity contribution in [2.45, 2.75) is 29.4 Å². The van der Waals surface area contributed by atoms with Gasteiger partial charge in [0, 0.05) is 21.5 Å². The molecule has 4 nitrogen and oxygen atoms in total. The van der Waals surface area contributed by atoms with Crippen LogP contribution >= 0.6 is 23.4 Å². The zero-order chi connectivity index (χ0) is 12.5. The van der Waals surface area contributed by atoms with Crippen LogP contribution in [0.5, 0.6) is 0 Å². The first-order valence-corrected chi connectivity index (χ1v) is 7.09. The van der Waals surface area contributed by atoms with Gasteiger partial charge in [0.05, 0.1) is 5.75 Å². The molecule has 0 radical (unpaired) electrons. The Hall–Kier alpha value is -1.20. The number of rotatable bonds is 4. The second-order valence-electron chi connectivity index (χ2n) is 4.29. The average molecular weight is 282 g/mol. The minimum atomic E-state index is 0.497. The molecule has 1 fully saturated rings. The van der Waals surface area contributed by atoms with Crippen molar-refractivity contribution in [3.63, 3.8) is 0 Å². The SMILES string of the molecule is Nc1cc(Cl)ccc1SCc1noc(C2CC2)n1. The Bertz CT molecular complexity index is 568. The smallest absolute Gasteiger partial charge is 0.229 e. The van der Waals surface area contributed by atoms with E-state index < -0.39 is 0 Å². The highest BCUT2D eigenvalue weighted by atomic mass is 35.5. The normalized spacial score (nSPS) is 14.9. The fourth-order valence-corrected chi connectivity index (χ4v) is 2.59. The van der Waals surface area contributed by atoms with Crippen LogP contribution in [0.3, 0.4) is 0 Å². The molecule has 0 spiro atoms. The molecule has 18 heavy (non-hydrogen) atoms. The predicted molar refractivity (Wildman–Crippen MR) is 71.7 cm³/mol. The molecule has 3 rings (SSSR count). The number of nitrogens with two attached hydrogens (primary N) is 1. The summed E-state index contributed by atoms with van der Waals surface area (Å²) in [5.74, 6) is 2.64. The summed E-state index contributed by atoms with van der Waals surface area (Å²) in [6.07, 6.45) is 2.33. The highest BCUT2D eigenvalue weighted by Crippen LogP contribution is 2.39. The number of hydrogen-bond acceptors (Lipinski definition) is 5. The van der Waals surface area contributed by atoms with E-state index in [0.29, 0.717) is 22.4 Å². The maximum Gasteiger partial charge on any atom is 0.229 e. The molecule has 0 atom stereocenters. The quantitative estimate of drug-likeness (QED) is 0.686. The highest BCUT2D eigenvalue weighted by Gasteiger charge is 2.29. The highest BCUT2D eigenvalue weighted by molar-refractivity contribution is 7.98. The molecule has 1 aliphatic carbocycles. The minimum Gasteiger partial charge on any atom is -0.398 e. The second-order valence-corrected chi connectivity index (χ2v) is 5.75. The molecule has 1 aromatic carbocycles. The first kappa shape index (κ1) is 11.9. The van der Waals surface area contributed by atoms with Crippen molar-refractivity contribution in [2.75, 3.05) is 5.73 Å². The summed E-state index contributed by atoms with van der Waals surface area (Å²) in [5, 5.41) is 4.61. The van der Waals surface area contributed by atoms with E-state index in [2.05, 4.69) is 10.1 Å². The number of anilines is 1. The van der Waals surface area contributed by atoms with Crippen molar-refractivity contribution >= 4 is 29.1 Å². The predicted octanol–water partition coefficient (Wildman–Crippen LogP) is 3.47. The van der Waals surface area contributed by atoms with E-state index in [-0.39, 0.29) is 0 Å². The van der Waals surface area contributed by atoms with E-state index in [4.69, 9.17) is 21.9 Å². The van der Waals surface area contributed by atoms with Crippen LogP contribution in [0.2, 0.25) is 5.02 Å². The average Bonchev–Trinajstić information content (AvgIpc) is 3.08. The molecule has 1 aromatic heterocycles. The third-order valence-corrected chi connectivity index (χ3v) is 4.06. The van der Waals surface area contributed by atoms with Gasteiger partial charge in [0.1, 0.15) is 0 Å². The molecule has 0 amide bonds. The van der Waals surface area contributed by atoms with Crippen LogP contribution in [0, 0.1) is 0 Å². The van der Waals surface area contributed by atoms with Crippen LogP contribution in [0.25, 0.3) is 0 Å². The first-order chi connectivity index (χ1) is 8.72. The third-order valence-electron chi connectivity index (χ3n) is 2.74. The molecule has 0 unspecified atom stereocenters. The molecule has 1 aliphatic rings. The van der Waals surface area contributed by atoms with Gasteiger partial charge < -0.3 is 10.3 Å². The minimum absolute atomic E-state index is 0.497. The molecule has 0 saturated heterocycles. The van der Waals surface area contributed by atoms with E-state index in [9.17, 15) is 0 Å². The number of aromatic nitrogens is 2. The van der Waals surface area contributed by atoms with Crippen LogP contribution < -0.4 is 5.73 Å². The summed E-state index contributed by atoms with van der Waals surface area (Å²) in [6, 6.07) is 5.48. The van der Waals surface area contributed by atoms with Crippen LogP contribution in [-0.4, -0.2) is 10.1 Å². The summed E-state index contributed by atoms with van der Waals surface area (Å²) in [7, 11) is 0. The van der Waals surface area contributed by atoms with Gasteiger partial charge in [-0.3, -0.25) is 0 Å². The standard InChI is InChI=1S/C12H12ClN3OS/c13-8-3-4-10(9(14)5-8)18-6-11-15-12(17-16-11)7-1-2-7/h3-5,7H,1-2,6,14H2. The molecule has 0 aliphatic heterocycles. The summed E-state index contributed by atoms with van der Waals surface area (Å²) in [5.41, 5.74) is 6.56. The van der Waals surface area contributed by atoms with Crippen molar-refractivity contribution in [3.05, 3.63) is 34.9 Å². The van der Waals surface area contributed by atoms with Crippen molar-refractivity contribution in [3.8, 4) is 0 Å². The van der Waals surface area contributed by atoms with E-state index in [1.54, 1.807) is 17.8 Å². The lowest BCUT2D eigenvalue weighted by atomic mass is 10.3. The van der Waals surface area contributed by atoms with Crippen LogP contribution in [-0.2, 0) is 5.75 Å². The summed E-state index contributed by atoms with van der Waals surface area (Å²) < 4.78 is 5.20. The molecule has 0 bridgehead atoms. The monoisotopic (exact) mass is 281 g/mol. The van der Waals surface area contributed by atoms with Crippen LogP contribution in [0.4, 0.5) is 5.69 Å². The lowest BCUT2D eigenvalue weighted by Gasteiger charge is -2.03. The summed E-state index contributed by atoms with van der Waals surface area (Å²) in [4.78, 5) is 5.35. The first-order valence-electron chi connectivity index (χ1n) is 5.72. The van der Waals surface area contributed by atoms with E-state index >= 15 is 0 Å². The Morgan fingerprint density at radius 1 is 1.44 bits per heavy atom. The van der Waals surface area contributed by atoms with Gasteiger partial charge in [0.15, 0.2) is 5.82 Å². The molecule has 1 saturated carbocycles. The van der Waals surface area contributed by atoms with Gasteiger partial charge in [-0.15, -0.1) is 11.8 Å². The topological polar surface area (TPSA) is 64.9 Å². The third kappa shape index (κ3) is 2.62. The van der Waals surface area contributed by atoms with Gasteiger partial charge in [-0.05, 0) is 31.0 Å². The van der Waals surface area contributed by atoms with Crippen molar-refractivity contribution in [2.24, 2.45) is 0 Å². The zero-order valence-corrected chi connectivity index (χ0v) is 11.2. The van der Waals surface area contributed by atoms with Gasteiger partial charge in [0.25, 0.3) is 0 Å². The Morgan fingerprint density at radius 3 is 3.00 bits per heavy atom. The van der Waals surface area contributed by atoms with Gasteiger partial charge in [-0.1, -0.05) is 16.8 Å². The lowest BCUT2D eigenvalue weighted by molar-refractivity contribution is 0.375. The number of halogens is 1. The van der Waals surface area contributed by atoms with Gasteiger partial charge in [0.2, 0.25) is 5.89 Å². The van der Waals surface area contributed by atoms with Crippen LogP contribution in [0.1, 0.15) is 30.5 Å². The summed E-state index contributed by atoms with van der Waals surface area (Å²) >= 11 is 7.44. The van der Waals surface area contributed by atoms with Crippen molar-refractivity contribution in [1.82, 2.24) is 10.1 Å². The Kier molecular flexibility index (Phi) is 3.18. The molecule has 94 valence electrons. The fraction of sp³-hybridized carbons (Fsp3) is 0.333. The van der Waals surface area contributed by atoms with E-state index in [1.807, 2.05) is 12.1 Å². The largest absolute Gasteiger partial charge is 0.398 e. The maximum absolute atomic E-state index is 5.88. The maximum atomic E-state index is 5.88. The molecule has 6 heteroatoms. The summed E-state index contributed by atoms with van der Waals surface area (Å²) in [6.45, 7) is 0. The molecular weight excluding hydrogens is 270 g/mol. The number of nitrogens with zero attached hydrogens (tertiary/aromatic N) is 2. The van der Waals surface area contributed by atoms with Crippen molar-refractivity contribution in [1.29, 1.82) is 0 Å². The van der Waals surface area contributed by atoms with Crippen molar-refractivity contribution < 1.29 is 4.52 Å². The Balaban J connectivity index is 1.65. The number of thioether (sulfide) groups is 1. The zero-order valence-electron chi connectivity index (χ0n) is 9.60. The molecular formula is C12H12ClN3OS. The van der Waals surface area contributed by atoms with E-state index in [1.165, 1.54) is 12.8 Å². The lowest BCUT2D eigenvalue weighted by Crippen LogP contribution is -1.90. The molecule has 1 heterocycles. The van der Waals surface area contributed by atoms with Gasteiger partial charge in [-0.25, -0.2) is 0 Å². The number of hydrogen-bond donors (Lipinski definition) is 1. The second kappa shape index (κ2) is 4.82. The number of benzene rings is 1. The Morgan fingerprint density at radius 2 is 2.28 bits per heavy atom. The van der Waals surface area contributed by atoms with Gasteiger partial charge >= 0.3 is 0 Å². The fourth-order valence-electron chi connectivity index (χ4n) is 1.62. The molecule has 2 aromatic rings. The van der Waals surface area contributed by atoms with Gasteiger partial charge in [-0.2, -0.15) is 4.98 Å². The molecule has 2 N–H and O–H groups in total. The van der Waals surface area contributed by atoms with Crippen LogP contribution in [0.15, 0.2) is 27.6 Å². The number of nitrogen functional groups attached to an aromatic ring is 1. The Labute approximate surface area is 114 Å². The van der Waals surface area contributed by atoms with E-state index in [0.717, 1.165) is 16.6 Å².